The lowest BCUT2D eigenvalue weighted by Gasteiger charge is -2.12. The van der Waals surface area contributed by atoms with Crippen molar-refractivity contribution in [2.24, 2.45) is 0 Å². The predicted octanol–water partition coefficient (Wildman–Crippen LogP) is 3.74. The maximum absolute atomic E-state index is 12.5. The molecular weight excluding hydrogens is 371 g/mol. The van der Waals surface area contributed by atoms with Crippen molar-refractivity contribution < 1.29 is 18.0 Å². The first-order valence-electron chi connectivity index (χ1n) is 7.39. The number of hydrogen-bond donors (Lipinski definition) is 1. The van der Waals surface area contributed by atoms with Crippen molar-refractivity contribution in [3.8, 4) is 11.3 Å². The average Bonchev–Trinajstić information content (AvgIpc) is 2.57. The summed E-state index contributed by atoms with van der Waals surface area (Å²) in [6, 6.07) is 13.0. The van der Waals surface area contributed by atoms with Crippen LogP contribution in [0.1, 0.15) is 6.42 Å². The van der Waals surface area contributed by atoms with Gasteiger partial charge >= 0.3 is 6.18 Å². The van der Waals surface area contributed by atoms with Crippen LogP contribution in [0.5, 0.6) is 0 Å². The van der Waals surface area contributed by atoms with Gasteiger partial charge in [-0.2, -0.15) is 13.2 Å². The zero-order valence-corrected chi connectivity index (χ0v) is 13.8. The maximum Gasteiger partial charge on any atom is 0.397 e. The zero-order chi connectivity index (χ0) is 18.9. The highest BCUT2D eigenvalue weighted by Gasteiger charge is 2.31. The molecule has 1 amide bonds. The third-order valence-electron chi connectivity index (χ3n) is 3.51. The van der Waals surface area contributed by atoms with Crippen LogP contribution in [-0.2, 0) is 4.79 Å². The molecule has 3 aromatic rings. The second-order valence-corrected chi connectivity index (χ2v) is 5.88. The second-order valence-electron chi connectivity index (χ2n) is 5.44. The lowest BCUT2D eigenvalue weighted by Crippen LogP contribution is -2.37. The first kappa shape index (κ1) is 17.9. The third-order valence-corrected chi connectivity index (χ3v) is 3.77. The number of benzene rings is 2. The molecule has 0 bridgehead atoms. The first-order chi connectivity index (χ1) is 12.2. The van der Waals surface area contributed by atoms with Crippen molar-refractivity contribution >= 4 is 28.3 Å². The lowest BCUT2D eigenvalue weighted by atomic mass is 10.1. The summed E-state index contributed by atoms with van der Waals surface area (Å²) in [5.41, 5.74) is 2.07. The van der Waals surface area contributed by atoms with Gasteiger partial charge in [0.2, 0.25) is 5.91 Å². The van der Waals surface area contributed by atoms with Crippen LogP contribution in [0.25, 0.3) is 22.0 Å². The van der Waals surface area contributed by atoms with Gasteiger partial charge in [0.1, 0.15) is 12.1 Å². The van der Waals surface area contributed by atoms with Crippen molar-refractivity contribution in [2.45, 2.75) is 12.6 Å². The van der Waals surface area contributed by atoms with Crippen LogP contribution in [0.4, 0.5) is 13.2 Å². The third kappa shape index (κ3) is 3.85. The van der Waals surface area contributed by atoms with E-state index in [1.807, 2.05) is 5.43 Å². The second kappa shape index (κ2) is 6.80. The van der Waals surface area contributed by atoms with Gasteiger partial charge in [-0.15, -0.1) is 9.89 Å². The van der Waals surface area contributed by atoms with E-state index in [1.54, 1.807) is 42.5 Å². The summed E-state index contributed by atoms with van der Waals surface area (Å²) < 4.78 is 37.1. The van der Waals surface area contributed by atoms with Crippen LogP contribution >= 0.6 is 11.6 Å². The molecule has 0 atom stereocenters. The Labute approximate surface area is 150 Å². The van der Waals surface area contributed by atoms with E-state index < -0.39 is 24.1 Å². The largest absolute Gasteiger partial charge is 0.397 e. The highest BCUT2D eigenvalue weighted by molar-refractivity contribution is 6.30. The van der Waals surface area contributed by atoms with Crippen LogP contribution < -0.4 is 11.0 Å². The molecule has 0 aliphatic carbocycles. The molecule has 9 heteroatoms. The van der Waals surface area contributed by atoms with Gasteiger partial charge in [-0.25, -0.2) is 5.43 Å². The minimum absolute atomic E-state index is 0.208. The van der Waals surface area contributed by atoms with E-state index in [1.165, 1.54) is 6.07 Å². The average molecular weight is 382 g/mol. The number of aromatic nitrogens is 2. The molecule has 3 rings (SSSR count). The molecule has 1 heterocycles. The van der Waals surface area contributed by atoms with Crippen molar-refractivity contribution in [3.05, 3.63) is 63.9 Å². The predicted molar refractivity (Wildman–Crippen MR) is 91.5 cm³/mol. The number of carbonyl (C=O) groups excluding carboxylic acids is 1. The van der Waals surface area contributed by atoms with Crippen LogP contribution in [-0.4, -0.2) is 22.0 Å². The molecule has 134 valence electrons. The van der Waals surface area contributed by atoms with E-state index in [4.69, 9.17) is 11.6 Å². The molecule has 1 aromatic heterocycles. The summed E-state index contributed by atoms with van der Waals surface area (Å²) in [6.07, 6.45) is -6.41. The summed E-state index contributed by atoms with van der Waals surface area (Å²) in [5.74, 6) is -1.38. The summed E-state index contributed by atoms with van der Waals surface area (Å²) in [7, 11) is 0. The van der Waals surface area contributed by atoms with E-state index in [0.29, 0.717) is 26.5 Å². The summed E-state index contributed by atoms with van der Waals surface area (Å²) in [4.78, 5) is 24.5. The summed E-state index contributed by atoms with van der Waals surface area (Å²) in [5, 5.41) is 5.23. The molecule has 26 heavy (non-hydrogen) atoms. The van der Waals surface area contributed by atoms with Crippen LogP contribution in [0.2, 0.25) is 5.02 Å². The van der Waals surface area contributed by atoms with E-state index in [2.05, 4.69) is 5.10 Å². The number of nitrogens with zero attached hydrogens (tertiary/aromatic N) is 2. The number of halogens is 4. The summed E-state index contributed by atoms with van der Waals surface area (Å²) >= 11 is 5.87. The number of rotatable bonds is 3. The number of amides is 1. The van der Waals surface area contributed by atoms with Crippen LogP contribution in [0.15, 0.2) is 53.3 Å². The fourth-order valence-electron chi connectivity index (χ4n) is 2.43. The van der Waals surface area contributed by atoms with Crippen molar-refractivity contribution in [1.82, 2.24) is 9.89 Å². The standard InChI is InChI=1S/C17H11ClF3N3O2/c18-11-7-5-10(6-8-11)15-12-3-1-2-4-13(12)16(26)24(23-15)22-14(25)9-17(19,20)21/h1-8H,9H2,(H,22,25). The van der Waals surface area contributed by atoms with E-state index in [-0.39, 0.29) is 5.39 Å². The fraction of sp³-hybridized carbons (Fsp3) is 0.118. The SMILES string of the molecule is O=C(CC(F)(F)F)Nn1nc(-c2ccc(Cl)cc2)c2ccccc2c1=O. The van der Waals surface area contributed by atoms with Gasteiger partial charge in [0, 0.05) is 16.0 Å². The van der Waals surface area contributed by atoms with Gasteiger partial charge in [-0.1, -0.05) is 41.9 Å². The molecule has 0 saturated carbocycles. The van der Waals surface area contributed by atoms with Crippen molar-refractivity contribution in [1.29, 1.82) is 0 Å². The lowest BCUT2D eigenvalue weighted by molar-refractivity contribution is -0.150. The van der Waals surface area contributed by atoms with E-state index >= 15 is 0 Å². The van der Waals surface area contributed by atoms with Crippen molar-refractivity contribution in [2.75, 3.05) is 5.43 Å². The monoisotopic (exact) mass is 381 g/mol. The van der Waals surface area contributed by atoms with Gasteiger partial charge in [0.05, 0.1) is 5.39 Å². The molecule has 0 saturated heterocycles. The number of alkyl halides is 3. The Hall–Kier alpha value is -2.87. The van der Waals surface area contributed by atoms with Gasteiger partial charge in [0.25, 0.3) is 5.56 Å². The number of fused-ring (bicyclic) bond motifs is 1. The molecule has 0 spiro atoms. The number of carbonyl (C=O) groups is 1. The first-order valence-corrected chi connectivity index (χ1v) is 7.77. The highest BCUT2D eigenvalue weighted by atomic mass is 35.5. The van der Waals surface area contributed by atoms with Crippen LogP contribution in [0, 0.1) is 0 Å². The smallest absolute Gasteiger partial charge is 0.273 e. The van der Waals surface area contributed by atoms with Gasteiger partial charge < -0.3 is 0 Å². The highest BCUT2D eigenvalue weighted by Crippen LogP contribution is 2.25. The van der Waals surface area contributed by atoms with Gasteiger partial charge in [-0.05, 0) is 18.2 Å². The van der Waals surface area contributed by atoms with E-state index in [9.17, 15) is 22.8 Å². The molecule has 0 aliphatic rings. The Morgan fingerprint density at radius 1 is 1.08 bits per heavy atom. The Balaban J connectivity index is 2.13. The quantitative estimate of drug-likeness (QED) is 0.751. The zero-order valence-electron chi connectivity index (χ0n) is 13.0. The Kier molecular flexibility index (Phi) is 4.69. The molecule has 0 aliphatic heterocycles. The van der Waals surface area contributed by atoms with Crippen LogP contribution in [0.3, 0.4) is 0 Å². The maximum atomic E-state index is 12.5. The molecule has 5 nitrogen and oxygen atoms in total. The number of hydrogen-bond acceptors (Lipinski definition) is 3. The number of nitrogens with one attached hydrogen (secondary N) is 1. The molecule has 1 N–H and O–H groups in total. The fourth-order valence-corrected chi connectivity index (χ4v) is 2.55. The van der Waals surface area contributed by atoms with Gasteiger partial charge in [0.15, 0.2) is 0 Å². The van der Waals surface area contributed by atoms with Gasteiger partial charge in [-0.3, -0.25) is 9.59 Å². The molecule has 2 aromatic carbocycles. The molecular formula is C17H11ClF3N3O2. The van der Waals surface area contributed by atoms with Crippen molar-refractivity contribution in [3.63, 3.8) is 0 Å². The Bertz CT molecular complexity index is 1030. The molecule has 0 fully saturated rings. The minimum Gasteiger partial charge on any atom is -0.273 e. The molecule has 0 radical (unpaired) electrons. The Morgan fingerprint density at radius 3 is 2.31 bits per heavy atom. The van der Waals surface area contributed by atoms with E-state index in [0.717, 1.165) is 0 Å². The normalized spacial score (nSPS) is 11.5. The minimum atomic E-state index is -4.69. The summed E-state index contributed by atoms with van der Waals surface area (Å²) in [6.45, 7) is 0. The topological polar surface area (TPSA) is 64.0 Å². The Morgan fingerprint density at radius 2 is 1.69 bits per heavy atom. The molecule has 0 unspecified atom stereocenters.